The molecule has 0 radical (unpaired) electrons. The summed E-state index contributed by atoms with van der Waals surface area (Å²) in [6, 6.07) is 11.5. The van der Waals surface area contributed by atoms with Gasteiger partial charge in [-0.2, -0.15) is 0 Å². The number of anilines is 1. The van der Waals surface area contributed by atoms with Crippen LogP contribution in [0.4, 0.5) is 16.2 Å². The lowest BCUT2D eigenvalue weighted by molar-refractivity contribution is -0.384. The number of benzene rings is 2. The molecule has 8 nitrogen and oxygen atoms in total. The molecule has 160 valence electrons. The number of hydrogen-bond donors (Lipinski definition) is 0. The highest BCUT2D eigenvalue weighted by Crippen LogP contribution is 2.36. The van der Waals surface area contributed by atoms with Crippen molar-refractivity contribution in [1.29, 1.82) is 0 Å². The Hall–Kier alpha value is -2.88. The second kappa shape index (κ2) is 9.09. The molecule has 31 heavy (non-hydrogen) atoms. The van der Waals surface area contributed by atoms with Gasteiger partial charge in [-0.25, -0.2) is 0 Å². The summed E-state index contributed by atoms with van der Waals surface area (Å²) in [5, 5.41) is 11.3. The Labute approximate surface area is 187 Å². The van der Waals surface area contributed by atoms with Crippen LogP contribution < -0.4 is 4.90 Å². The average molecular weight is 460 g/mol. The largest absolute Gasteiger partial charge is 0.378 e. The number of thioether (sulfide) groups is 1. The lowest BCUT2D eigenvalue weighted by atomic mass is 10.1. The smallest absolute Gasteiger partial charge is 0.293 e. The maximum atomic E-state index is 12.9. The minimum atomic E-state index is -0.483. The molecule has 0 aliphatic carbocycles. The normalized spacial score (nSPS) is 18.2. The average Bonchev–Trinajstić information content (AvgIpc) is 3.03. The number of nitro benzene ring substituents is 1. The molecule has 0 bridgehead atoms. The summed E-state index contributed by atoms with van der Waals surface area (Å²) in [6.45, 7) is 2.42. The van der Waals surface area contributed by atoms with Gasteiger partial charge in [-0.15, -0.1) is 0 Å². The van der Waals surface area contributed by atoms with Crippen molar-refractivity contribution in [2.45, 2.75) is 6.54 Å². The predicted molar refractivity (Wildman–Crippen MR) is 119 cm³/mol. The standard InChI is InChI=1S/C21H18ClN3O5S/c22-17-4-2-1-3-14(17)13-24-20(26)19(31-21(24)27)12-15-11-16(25(28)29)5-6-18(15)23-7-9-30-10-8-23/h1-6,11-12H,7-10,13H2/b19-12-. The third-order valence-electron chi connectivity index (χ3n) is 5.02. The van der Waals surface area contributed by atoms with E-state index in [1.807, 2.05) is 4.90 Å². The van der Waals surface area contributed by atoms with Crippen molar-refractivity contribution < 1.29 is 19.2 Å². The molecule has 2 aromatic rings. The number of morpholine rings is 1. The molecule has 4 rings (SSSR count). The first-order chi connectivity index (χ1) is 14.9. The van der Waals surface area contributed by atoms with E-state index in [0.29, 0.717) is 42.5 Å². The first-order valence-electron chi connectivity index (χ1n) is 9.54. The fourth-order valence-corrected chi connectivity index (χ4v) is 4.46. The van der Waals surface area contributed by atoms with Crippen LogP contribution in [-0.4, -0.2) is 47.3 Å². The van der Waals surface area contributed by atoms with Crippen LogP contribution in [-0.2, 0) is 16.1 Å². The van der Waals surface area contributed by atoms with Crippen LogP contribution in [0.3, 0.4) is 0 Å². The highest BCUT2D eigenvalue weighted by Gasteiger charge is 2.35. The summed E-state index contributed by atoms with van der Waals surface area (Å²) in [7, 11) is 0. The van der Waals surface area contributed by atoms with Crippen molar-refractivity contribution in [1.82, 2.24) is 4.90 Å². The number of rotatable bonds is 5. The third kappa shape index (κ3) is 4.58. The van der Waals surface area contributed by atoms with Crippen LogP contribution in [0, 0.1) is 10.1 Å². The molecule has 0 spiro atoms. The minimum absolute atomic E-state index is 0.0624. The zero-order valence-electron chi connectivity index (χ0n) is 16.3. The topological polar surface area (TPSA) is 93.0 Å². The van der Waals surface area contributed by atoms with Crippen LogP contribution in [0.5, 0.6) is 0 Å². The molecular weight excluding hydrogens is 442 g/mol. The Kier molecular flexibility index (Phi) is 6.26. The minimum Gasteiger partial charge on any atom is -0.378 e. The van der Waals surface area contributed by atoms with Gasteiger partial charge in [0, 0.05) is 41.5 Å². The summed E-state index contributed by atoms with van der Waals surface area (Å²) in [5.74, 6) is -0.450. The number of amides is 2. The Balaban J connectivity index is 1.66. The zero-order chi connectivity index (χ0) is 22.0. The maximum absolute atomic E-state index is 12.9. The van der Waals surface area contributed by atoms with Crippen LogP contribution in [0.25, 0.3) is 6.08 Å². The third-order valence-corrected chi connectivity index (χ3v) is 6.30. The number of imide groups is 1. The van der Waals surface area contributed by atoms with Crippen LogP contribution in [0.2, 0.25) is 5.02 Å². The van der Waals surface area contributed by atoms with Gasteiger partial charge < -0.3 is 9.64 Å². The first kappa shape index (κ1) is 21.4. The van der Waals surface area contributed by atoms with Crippen LogP contribution >= 0.6 is 23.4 Å². The van der Waals surface area contributed by atoms with E-state index in [9.17, 15) is 19.7 Å². The molecular formula is C21H18ClN3O5S. The van der Waals surface area contributed by atoms with Crippen molar-refractivity contribution in [2.24, 2.45) is 0 Å². The van der Waals surface area contributed by atoms with Crippen molar-refractivity contribution in [3.63, 3.8) is 0 Å². The molecule has 2 aliphatic heterocycles. The molecule has 2 aromatic carbocycles. The molecule has 10 heteroatoms. The summed E-state index contributed by atoms with van der Waals surface area (Å²) in [6.07, 6.45) is 1.55. The summed E-state index contributed by atoms with van der Waals surface area (Å²) in [5.41, 5.74) is 1.85. The quantitative estimate of drug-likeness (QED) is 0.373. The summed E-state index contributed by atoms with van der Waals surface area (Å²) in [4.78, 5) is 39.7. The number of non-ortho nitro benzene ring substituents is 1. The first-order valence-corrected chi connectivity index (χ1v) is 10.7. The predicted octanol–water partition coefficient (Wildman–Crippen LogP) is 4.32. The molecule has 2 saturated heterocycles. The lowest BCUT2D eigenvalue weighted by Crippen LogP contribution is -2.36. The molecule has 2 amide bonds. The number of carbonyl (C=O) groups excluding carboxylic acids is 2. The van der Waals surface area contributed by atoms with Gasteiger partial charge in [0.1, 0.15) is 0 Å². The fraction of sp³-hybridized carbons (Fsp3) is 0.238. The van der Waals surface area contributed by atoms with Crippen molar-refractivity contribution >= 4 is 52.0 Å². The Bertz CT molecular complexity index is 1080. The highest BCUT2D eigenvalue weighted by atomic mass is 35.5. The lowest BCUT2D eigenvalue weighted by Gasteiger charge is -2.30. The second-order valence-electron chi connectivity index (χ2n) is 6.96. The molecule has 0 atom stereocenters. The molecule has 0 aromatic heterocycles. The van der Waals surface area contributed by atoms with E-state index < -0.39 is 16.1 Å². The van der Waals surface area contributed by atoms with Gasteiger partial charge >= 0.3 is 0 Å². The molecule has 0 unspecified atom stereocenters. The van der Waals surface area contributed by atoms with Gasteiger partial charge in [0.15, 0.2) is 0 Å². The SMILES string of the molecule is O=C1S/C(=C\c2cc([N+](=O)[O-])ccc2N2CCOCC2)C(=O)N1Cc1ccccc1Cl. The van der Waals surface area contributed by atoms with E-state index in [1.165, 1.54) is 12.1 Å². The van der Waals surface area contributed by atoms with Crippen molar-refractivity contribution in [3.05, 3.63) is 73.6 Å². The van der Waals surface area contributed by atoms with E-state index in [-0.39, 0.29) is 17.1 Å². The number of nitro groups is 1. The monoisotopic (exact) mass is 459 g/mol. The molecule has 0 saturated carbocycles. The number of carbonyl (C=O) groups is 2. The van der Waals surface area contributed by atoms with Gasteiger partial charge in [0.05, 0.1) is 29.6 Å². The fourth-order valence-electron chi connectivity index (χ4n) is 3.44. The second-order valence-corrected chi connectivity index (χ2v) is 8.36. The Morgan fingerprint density at radius 3 is 2.61 bits per heavy atom. The summed E-state index contributed by atoms with van der Waals surface area (Å²) < 4.78 is 5.38. The highest BCUT2D eigenvalue weighted by molar-refractivity contribution is 8.18. The van der Waals surface area contributed by atoms with Gasteiger partial charge in [-0.3, -0.25) is 24.6 Å². The zero-order valence-corrected chi connectivity index (χ0v) is 17.9. The number of hydrogen-bond acceptors (Lipinski definition) is 7. The van der Waals surface area contributed by atoms with Crippen molar-refractivity contribution in [2.75, 3.05) is 31.2 Å². The number of ether oxygens (including phenoxy) is 1. The molecule has 2 heterocycles. The van der Waals surface area contributed by atoms with Gasteiger partial charge in [0.25, 0.3) is 16.8 Å². The summed E-state index contributed by atoms with van der Waals surface area (Å²) >= 11 is 6.98. The maximum Gasteiger partial charge on any atom is 0.293 e. The molecule has 2 aliphatic rings. The van der Waals surface area contributed by atoms with E-state index in [1.54, 1.807) is 36.4 Å². The Morgan fingerprint density at radius 1 is 1.16 bits per heavy atom. The number of halogens is 1. The van der Waals surface area contributed by atoms with Gasteiger partial charge in [-0.05, 0) is 35.5 Å². The van der Waals surface area contributed by atoms with Gasteiger partial charge in [-0.1, -0.05) is 29.8 Å². The van der Waals surface area contributed by atoms with Gasteiger partial charge in [0.2, 0.25) is 0 Å². The van der Waals surface area contributed by atoms with Crippen LogP contribution in [0.15, 0.2) is 47.4 Å². The van der Waals surface area contributed by atoms with Crippen molar-refractivity contribution in [3.8, 4) is 0 Å². The van der Waals surface area contributed by atoms with Crippen LogP contribution in [0.1, 0.15) is 11.1 Å². The number of nitrogens with zero attached hydrogens (tertiary/aromatic N) is 3. The van der Waals surface area contributed by atoms with E-state index in [4.69, 9.17) is 16.3 Å². The van der Waals surface area contributed by atoms with E-state index >= 15 is 0 Å². The Morgan fingerprint density at radius 2 is 1.90 bits per heavy atom. The van der Waals surface area contributed by atoms with E-state index in [0.717, 1.165) is 22.3 Å². The molecule has 0 N–H and O–H groups in total. The molecule has 2 fully saturated rings. The van der Waals surface area contributed by atoms with E-state index in [2.05, 4.69) is 0 Å².